The summed E-state index contributed by atoms with van der Waals surface area (Å²) in [7, 11) is 0. The zero-order chi connectivity index (χ0) is 62.8. The summed E-state index contributed by atoms with van der Waals surface area (Å²) in [5.74, 6) is -0.0490. The number of amides is 1. The predicted octanol–water partition coefficient (Wildman–Crippen LogP) is 26.2. The molecular weight excluding hydrogens is 1070 g/mol. The second-order valence-corrected chi connectivity index (χ2v) is 27.4. The molecule has 2 atom stereocenters. The van der Waals surface area contributed by atoms with E-state index in [2.05, 4.69) is 43.5 Å². The molecule has 6 nitrogen and oxygen atoms in total. The highest BCUT2D eigenvalue weighted by molar-refractivity contribution is 5.76. The number of carbonyl (C=O) groups is 2. The summed E-state index contributed by atoms with van der Waals surface area (Å²) in [4.78, 5) is 24.7. The molecule has 0 rings (SSSR count). The number of esters is 1. The van der Waals surface area contributed by atoms with Crippen LogP contribution >= 0.6 is 0 Å². The van der Waals surface area contributed by atoms with Crippen LogP contribution in [0.4, 0.5) is 0 Å². The number of hydrogen-bond donors (Lipinski definition) is 3. The van der Waals surface area contributed by atoms with Gasteiger partial charge in [0.15, 0.2) is 0 Å². The van der Waals surface area contributed by atoms with Crippen LogP contribution in [0.2, 0.25) is 0 Å². The smallest absolute Gasteiger partial charge is 0.305 e. The number of nitrogens with one attached hydrogen (secondary N) is 1. The van der Waals surface area contributed by atoms with E-state index in [1.165, 1.54) is 366 Å². The molecule has 0 aromatic rings. The minimum absolute atomic E-state index is 0.0113. The molecule has 0 spiro atoms. The van der Waals surface area contributed by atoms with E-state index in [9.17, 15) is 19.8 Å². The summed E-state index contributed by atoms with van der Waals surface area (Å²) >= 11 is 0. The lowest BCUT2D eigenvalue weighted by Gasteiger charge is -2.20. The number of aliphatic hydroxyl groups is 2. The van der Waals surface area contributed by atoms with Crippen LogP contribution in [0.1, 0.15) is 444 Å². The van der Waals surface area contributed by atoms with Gasteiger partial charge in [-0.3, -0.25) is 9.59 Å². The molecule has 514 valence electrons. The van der Waals surface area contributed by atoms with Gasteiger partial charge in [0.1, 0.15) is 0 Å². The van der Waals surface area contributed by atoms with E-state index in [0.29, 0.717) is 19.4 Å². The van der Waals surface area contributed by atoms with E-state index in [1.54, 1.807) is 6.08 Å². The standard InChI is InChI=1S/C81H155NO5/c1-3-5-7-9-11-13-15-17-19-21-23-24-25-29-32-35-38-41-45-49-53-57-61-65-69-73-79(84)78(77-83)82-80(85)74-70-66-62-58-54-50-46-42-39-36-33-30-27-26-28-31-34-37-40-44-48-52-56-60-64-68-72-76-87-81(86)75-71-67-63-59-55-51-47-43-22-20-18-16-14-12-10-8-6-4-2/h14,16,20,22,69,73,78-79,83-84H,3-13,15,17-19,21,23-68,70-72,74-77H2,1-2H3,(H,82,85)/b16-14-,22-20-,73-69+. The summed E-state index contributed by atoms with van der Waals surface area (Å²) in [5, 5.41) is 23.3. The van der Waals surface area contributed by atoms with Gasteiger partial charge in [-0.05, 0) is 64.2 Å². The van der Waals surface area contributed by atoms with E-state index < -0.39 is 12.1 Å². The fraction of sp³-hybridized carbons (Fsp3) is 0.901. The number of allylic oxidation sites excluding steroid dienone is 5. The maximum Gasteiger partial charge on any atom is 0.305 e. The van der Waals surface area contributed by atoms with Crippen molar-refractivity contribution in [3.8, 4) is 0 Å². The molecule has 3 N–H and O–H groups in total. The lowest BCUT2D eigenvalue weighted by atomic mass is 10.0. The predicted molar refractivity (Wildman–Crippen MR) is 384 cm³/mol. The van der Waals surface area contributed by atoms with E-state index in [4.69, 9.17) is 4.74 Å². The van der Waals surface area contributed by atoms with Crippen LogP contribution in [0, 0.1) is 0 Å². The Kier molecular flexibility index (Phi) is 74.8. The van der Waals surface area contributed by atoms with Gasteiger partial charge in [-0.2, -0.15) is 0 Å². The van der Waals surface area contributed by atoms with Crippen LogP contribution in [-0.4, -0.2) is 47.4 Å². The molecule has 2 unspecified atom stereocenters. The average molecular weight is 1220 g/mol. The van der Waals surface area contributed by atoms with Crippen molar-refractivity contribution < 1.29 is 24.5 Å². The van der Waals surface area contributed by atoms with Crippen molar-refractivity contribution in [3.05, 3.63) is 36.5 Å². The van der Waals surface area contributed by atoms with Crippen molar-refractivity contribution in [2.24, 2.45) is 0 Å². The molecule has 6 heteroatoms. The Morgan fingerprint density at radius 3 is 0.885 bits per heavy atom. The Morgan fingerprint density at radius 2 is 0.575 bits per heavy atom. The van der Waals surface area contributed by atoms with E-state index in [1.807, 2.05) is 6.08 Å². The van der Waals surface area contributed by atoms with Crippen LogP contribution in [-0.2, 0) is 14.3 Å². The Hall–Kier alpha value is -1.92. The molecule has 0 saturated carbocycles. The van der Waals surface area contributed by atoms with Crippen molar-refractivity contribution in [2.75, 3.05) is 13.2 Å². The number of ether oxygens (including phenoxy) is 1. The highest BCUT2D eigenvalue weighted by Gasteiger charge is 2.18. The van der Waals surface area contributed by atoms with Crippen LogP contribution in [0.25, 0.3) is 0 Å². The van der Waals surface area contributed by atoms with Gasteiger partial charge in [0.2, 0.25) is 5.91 Å². The molecular formula is C81H155NO5. The third kappa shape index (κ3) is 73.0. The molecule has 0 radical (unpaired) electrons. The van der Waals surface area contributed by atoms with Crippen molar-refractivity contribution in [2.45, 2.75) is 456 Å². The lowest BCUT2D eigenvalue weighted by Crippen LogP contribution is -2.45. The molecule has 0 aromatic carbocycles. The Balaban J connectivity index is 3.37. The third-order valence-corrected chi connectivity index (χ3v) is 18.7. The van der Waals surface area contributed by atoms with E-state index in [-0.39, 0.29) is 18.5 Å². The number of rotatable bonds is 75. The zero-order valence-corrected chi connectivity index (χ0v) is 59.0. The fourth-order valence-electron chi connectivity index (χ4n) is 12.6. The van der Waals surface area contributed by atoms with Gasteiger partial charge >= 0.3 is 5.97 Å². The van der Waals surface area contributed by atoms with Crippen LogP contribution in [0.3, 0.4) is 0 Å². The molecule has 0 aliphatic rings. The number of unbranched alkanes of at least 4 members (excludes halogenated alkanes) is 60. The van der Waals surface area contributed by atoms with Crippen LogP contribution in [0.5, 0.6) is 0 Å². The zero-order valence-electron chi connectivity index (χ0n) is 59.0. The maximum absolute atomic E-state index is 12.6. The Morgan fingerprint density at radius 1 is 0.322 bits per heavy atom. The highest BCUT2D eigenvalue weighted by Crippen LogP contribution is 2.20. The summed E-state index contributed by atoms with van der Waals surface area (Å²) in [6.45, 7) is 4.93. The molecule has 0 aliphatic heterocycles. The van der Waals surface area contributed by atoms with Crippen molar-refractivity contribution in [1.29, 1.82) is 0 Å². The van der Waals surface area contributed by atoms with E-state index in [0.717, 1.165) is 51.4 Å². The maximum atomic E-state index is 12.6. The third-order valence-electron chi connectivity index (χ3n) is 18.7. The van der Waals surface area contributed by atoms with Crippen LogP contribution in [0.15, 0.2) is 36.5 Å². The monoisotopic (exact) mass is 1220 g/mol. The molecule has 0 saturated heterocycles. The average Bonchev–Trinajstić information content (AvgIpc) is 3.52. The SMILES string of the molecule is CCCCCC/C=C\C/C=C\CCCCCCCCCC(=O)OCCCCCCCCCCCCCCCCCCCCCCCCCCCCCC(=O)NC(CO)C(O)/C=C/CCCCCCCCCCCCCCCCCCCCCCCCC. The second-order valence-electron chi connectivity index (χ2n) is 27.4. The molecule has 0 aromatic heterocycles. The van der Waals surface area contributed by atoms with Gasteiger partial charge in [-0.15, -0.1) is 0 Å². The minimum Gasteiger partial charge on any atom is -0.466 e. The largest absolute Gasteiger partial charge is 0.466 e. The fourth-order valence-corrected chi connectivity index (χ4v) is 12.6. The first-order valence-corrected chi connectivity index (χ1v) is 39.8. The van der Waals surface area contributed by atoms with Gasteiger partial charge < -0.3 is 20.3 Å². The van der Waals surface area contributed by atoms with Crippen LogP contribution < -0.4 is 5.32 Å². The number of hydrogen-bond acceptors (Lipinski definition) is 5. The first-order chi connectivity index (χ1) is 43.0. The normalized spacial score (nSPS) is 12.6. The summed E-state index contributed by atoms with van der Waals surface area (Å²) in [5.41, 5.74) is 0. The van der Waals surface area contributed by atoms with Gasteiger partial charge in [-0.1, -0.05) is 403 Å². The summed E-state index contributed by atoms with van der Waals surface area (Å²) in [6.07, 6.45) is 99.7. The van der Waals surface area contributed by atoms with Crippen molar-refractivity contribution in [3.63, 3.8) is 0 Å². The van der Waals surface area contributed by atoms with Gasteiger partial charge in [0.05, 0.1) is 25.4 Å². The van der Waals surface area contributed by atoms with Crippen molar-refractivity contribution in [1.82, 2.24) is 5.32 Å². The molecule has 0 bridgehead atoms. The Bertz CT molecular complexity index is 1410. The van der Waals surface area contributed by atoms with Gasteiger partial charge in [0, 0.05) is 12.8 Å². The number of aliphatic hydroxyl groups excluding tert-OH is 2. The second kappa shape index (κ2) is 76.5. The molecule has 0 aliphatic carbocycles. The first-order valence-electron chi connectivity index (χ1n) is 39.8. The van der Waals surface area contributed by atoms with Gasteiger partial charge in [0.25, 0.3) is 0 Å². The Labute approximate surface area is 544 Å². The van der Waals surface area contributed by atoms with Crippen molar-refractivity contribution >= 4 is 11.9 Å². The molecule has 0 fully saturated rings. The molecule has 1 amide bonds. The molecule has 0 heterocycles. The topological polar surface area (TPSA) is 95.9 Å². The van der Waals surface area contributed by atoms with E-state index >= 15 is 0 Å². The first kappa shape index (κ1) is 85.1. The minimum atomic E-state index is -0.845. The lowest BCUT2D eigenvalue weighted by molar-refractivity contribution is -0.143. The summed E-state index contributed by atoms with van der Waals surface area (Å²) in [6, 6.07) is -0.628. The van der Waals surface area contributed by atoms with Gasteiger partial charge in [-0.25, -0.2) is 0 Å². The summed E-state index contributed by atoms with van der Waals surface area (Å²) < 4.78 is 5.51. The molecule has 87 heavy (non-hydrogen) atoms. The number of carbonyl (C=O) groups excluding carboxylic acids is 2. The quantitative estimate of drug-likeness (QED) is 0.0320. The highest BCUT2D eigenvalue weighted by atomic mass is 16.5.